The van der Waals surface area contributed by atoms with E-state index in [-0.39, 0.29) is 35.2 Å². The van der Waals surface area contributed by atoms with E-state index in [4.69, 9.17) is 0 Å². The maximum Gasteiger partial charge on any atom is 0.321 e. The average Bonchev–Trinajstić information content (AvgIpc) is 3.36. The lowest BCUT2D eigenvalue weighted by molar-refractivity contribution is -0.165. The molecule has 0 spiro atoms. The summed E-state index contributed by atoms with van der Waals surface area (Å²) < 4.78 is 0. The van der Waals surface area contributed by atoms with Crippen molar-refractivity contribution in [1.82, 2.24) is 15.0 Å². The number of aromatic nitrogens is 3. The maximum atomic E-state index is 12.0. The minimum absolute atomic E-state index is 0.0742. The quantitative estimate of drug-likeness (QED) is 0.153. The Morgan fingerprint density at radius 3 is 1.73 bits per heavy atom. The fourth-order valence-electron chi connectivity index (χ4n) is 5.07. The number of phenols is 2. The first kappa shape index (κ1) is 34.1. The second kappa shape index (κ2) is 13.1. The zero-order chi connectivity index (χ0) is 33.0. The average molecular weight is 604 g/mol. The van der Waals surface area contributed by atoms with Crippen LogP contribution in [0.5, 0.6) is 11.5 Å². The number of carbonyl (C=O) groups is 2. The summed E-state index contributed by atoms with van der Waals surface area (Å²) in [6, 6.07) is 16.5. The Labute approximate surface area is 259 Å². The molecular formula is C35H45N3O6. The number of hydrogen-bond donors (Lipinski definition) is 4. The van der Waals surface area contributed by atoms with Crippen LogP contribution >= 0.6 is 0 Å². The van der Waals surface area contributed by atoms with Gasteiger partial charge in [0.15, 0.2) is 5.41 Å². The van der Waals surface area contributed by atoms with E-state index in [0.29, 0.717) is 28.8 Å². The van der Waals surface area contributed by atoms with Crippen LogP contribution in [-0.2, 0) is 26.8 Å². The van der Waals surface area contributed by atoms with Gasteiger partial charge in [0, 0.05) is 0 Å². The number of phenolic OH excluding ortho intramolecular Hbond substituents is 2. The highest BCUT2D eigenvalue weighted by molar-refractivity contribution is 5.98. The molecule has 0 fully saturated rings. The molecule has 0 saturated heterocycles. The van der Waals surface area contributed by atoms with Gasteiger partial charge in [0.25, 0.3) is 0 Å². The van der Waals surface area contributed by atoms with Gasteiger partial charge in [-0.1, -0.05) is 91.6 Å². The number of benzene rings is 3. The number of unbranched alkanes of at least 4 members (excludes halogenated alkanes) is 1. The molecule has 236 valence electrons. The summed E-state index contributed by atoms with van der Waals surface area (Å²) in [6.07, 6.45) is 1.21. The fourth-order valence-corrected chi connectivity index (χ4v) is 5.07. The molecule has 44 heavy (non-hydrogen) atoms. The van der Waals surface area contributed by atoms with Gasteiger partial charge in [-0.05, 0) is 77.1 Å². The third-order valence-electron chi connectivity index (χ3n) is 7.70. The summed E-state index contributed by atoms with van der Waals surface area (Å²) in [5.41, 5.74) is 2.72. The van der Waals surface area contributed by atoms with Crippen LogP contribution in [0, 0.1) is 12.3 Å². The Kier molecular flexibility index (Phi) is 10.1. The van der Waals surface area contributed by atoms with Crippen molar-refractivity contribution in [2.75, 3.05) is 0 Å². The highest BCUT2D eigenvalue weighted by Gasteiger charge is 2.46. The summed E-state index contributed by atoms with van der Waals surface area (Å²) in [6.45, 7) is 15.7. The van der Waals surface area contributed by atoms with Crippen LogP contribution in [0.2, 0.25) is 0 Å². The van der Waals surface area contributed by atoms with Crippen molar-refractivity contribution >= 4 is 23.0 Å². The lowest BCUT2D eigenvalue weighted by atomic mass is 9.73. The number of rotatable bonds is 8. The second-order valence-electron chi connectivity index (χ2n) is 13.5. The van der Waals surface area contributed by atoms with Gasteiger partial charge in [-0.2, -0.15) is 0 Å². The van der Waals surface area contributed by atoms with E-state index in [1.165, 1.54) is 4.80 Å². The summed E-state index contributed by atoms with van der Waals surface area (Å²) in [5, 5.41) is 48.8. The van der Waals surface area contributed by atoms with Crippen LogP contribution < -0.4 is 0 Å². The van der Waals surface area contributed by atoms with Gasteiger partial charge < -0.3 is 20.4 Å². The molecule has 1 aromatic heterocycles. The van der Waals surface area contributed by atoms with Crippen LogP contribution in [0.1, 0.15) is 90.0 Å². The van der Waals surface area contributed by atoms with Crippen molar-refractivity contribution in [3.63, 3.8) is 0 Å². The largest absolute Gasteiger partial charge is 0.507 e. The first-order valence-corrected chi connectivity index (χ1v) is 14.9. The summed E-state index contributed by atoms with van der Waals surface area (Å²) in [5.74, 6) is -2.25. The normalized spacial score (nSPS) is 12.1. The molecule has 0 aliphatic heterocycles. The molecule has 0 bridgehead atoms. The molecule has 9 nitrogen and oxygen atoms in total. The lowest BCUT2D eigenvalue weighted by Gasteiger charge is -2.30. The number of aromatic hydroxyl groups is 2. The monoisotopic (exact) mass is 603 g/mol. The molecule has 1 heterocycles. The van der Waals surface area contributed by atoms with Gasteiger partial charge in [0.2, 0.25) is 0 Å². The SMILES string of the molecule is CCCCC(Cc1cc(C(C)(C)C)c(O)c(C(C)(C)C)c1)(C(=O)O)C(=O)O.Cc1ccc(O)c(-n2nc3ccccc3n2)c1. The van der Waals surface area contributed by atoms with Gasteiger partial charge in [-0.15, -0.1) is 15.0 Å². The van der Waals surface area contributed by atoms with Crippen LogP contribution in [-0.4, -0.2) is 47.4 Å². The van der Waals surface area contributed by atoms with E-state index < -0.39 is 17.4 Å². The number of nitrogens with zero attached hydrogens (tertiary/aromatic N) is 3. The highest BCUT2D eigenvalue weighted by Crippen LogP contribution is 2.41. The number of hydrogen-bond acceptors (Lipinski definition) is 6. The van der Waals surface area contributed by atoms with Crippen molar-refractivity contribution in [1.29, 1.82) is 0 Å². The first-order valence-electron chi connectivity index (χ1n) is 14.9. The highest BCUT2D eigenvalue weighted by atomic mass is 16.4. The van der Waals surface area contributed by atoms with E-state index >= 15 is 0 Å². The third kappa shape index (κ3) is 7.56. The lowest BCUT2D eigenvalue weighted by Crippen LogP contribution is -2.41. The molecule has 4 aromatic rings. The number of carboxylic acids is 2. The molecule has 0 atom stereocenters. The zero-order valence-electron chi connectivity index (χ0n) is 27.0. The zero-order valence-corrected chi connectivity index (χ0v) is 27.0. The Morgan fingerprint density at radius 1 is 0.795 bits per heavy atom. The van der Waals surface area contributed by atoms with E-state index in [2.05, 4.69) is 10.2 Å². The molecule has 0 aliphatic rings. The summed E-state index contributed by atoms with van der Waals surface area (Å²) in [4.78, 5) is 25.4. The van der Waals surface area contributed by atoms with Crippen molar-refractivity contribution < 1.29 is 30.0 Å². The minimum atomic E-state index is -1.86. The summed E-state index contributed by atoms with van der Waals surface area (Å²) >= 11 is 0. The summed E-state index contributed by atoms with van der Waals surface area (Å²) in [7, 11) is 0. The van der Waals surface area contributed by atoms with Crippen molar-refractivity contribution in [2.45, 2.75) is 91.9 Å². The smallest absolute Gasteiger partial charge is 0.321 e. The minimum Gasteiger partial charge on any atom is -0.507 e. The fraction of sp³-hybridized carbons (Fsp3) is 0.429. The molecular weight excluding hydrogens is 558 g/mol. The molecule has 0 amide bonds. The Balaban J connectivity index is 0.000000264. The van der Waals surface area contributed by atoms with Crippen molar-refractivity contribution in [3.8, 4) is 17.2 Å². The van der Waals surface area contributed by atoms with Crippen LogP contribution in [0.25, 0.3) is 16.7 Å². The molecule has 0 radical (unpaired) electrons. The number of aryl methyl sites for hydroxylation is 1. The van der Waals surface area contributed by atoms with Gasteiger partial charge in [-0.25, -0.2) is 0 Å². The maximum absolute atomic E-state index is 12.0. The molecule has 3 aromatic carbocycles. The molecule has 9 heteroatoms. The second-order valence-corrected chi connectivity index (χ2v) is 13.5. The van der Waals surface area contributed by atoms with E-state index in [0.717, 1.165) is 23.0 Å². The third-order valence-corrected chi connectivity index (χ3v) is 7.70. The Hall–Kier alpha value is -4.40. The van der Waals surface area contributed by atoms with E-state index in [9.17, 15) is 30.0 Å². The van der Waals surface area contributed by atoms with Crippen LogP contribution in [0.3, 0.4) is 0 Å². The topological polar surface area (TPSA) is 146 Å². The molecule has 4 rings (SSSR count). The Bertz CT molecular complexity index is 1560. The van der Waals surface area contributed by atoms with Gasteiger partial charge in [-0.3, -0.25) is 9.59 Å². The predicted octanol–water partition coefficient (Wildman–Crippen LogP) is 7.31. The van der Waals surface area contributed by atoms with Crippen molar-refractivity contribution in [3.05, 3.63) is 76.9 Å². The van der Waals surface area contributed by atoms with Gasteiger partial charge >= 0.3 is 11.9 Å². The number of aliphatic carboxylic acids is 2. The van der Waals surface area contributed by atoms with Crippen LogP contribution in [0.15, 0.2) is 54.6 Å². The van der Waals surface area contributed by atoms with E-state index in [1.807, 2.05) is 91.8 Å². The van der Waals surface area contributed by atoms with Gasteiger partial charge in [0.1, 0.15) is 28.2 Å². The van der Waals surface area contributed by atoms with Crippen molar-refractivity contribution in [2.24, 2.45) is 5.41 Å². The molecule has 0 saturated carbocycles. The Morgan fingerprint density at radius 2 is 1.30 bits per heavy atom. The number of carboxylic acid groups (broad SMARTS) is 2. The van der Waals surface area contributed by atoms with Gasteiger partial charge in [0.05, 0.1) is 0 Å². The van der Waals surface area contributed by atoms with E-state index in [1.54, 1.807) is 18.2 Å². The van der Waals surface area contributed by atoms with Crippen LogP contribution in [0.4, 0.5) is 0 Å². The molecule has 0 aliphatic carbocycles. The first-order chi connectivity index (χ1) is 20.4. The number of fused-ring (bicyclic) bond motifs is 1. The predicted molar refractivity (Wildman–Crippen MR) is 172 cm³/mol. The molecule has 4 N–H and O–H groups in total. The molecule has 0 unspecified atom stereocenters. The standard InChI is InChI=1S/C22H34O5.C13H11N3O/c1-8-9-10-22(18(24)25,19(26)27)13-14-11-15(20(2,3)4)17(23)16(12-14)21(5,6)7;1-9-6-7-13(17)12(8-9)16-14-10-4-2-3-5-11(10)15-16/h11-12,23H,8-10,13H2,1-7H3,(H,24,25)(H,26,27);2-8,17H,1H3.